The standard InChI is InChI=1S/C29H29N3O3S/c33-25(14-18-8-9-18)26-15-19-12-13-32(24-6-2-1-4-22(24)28(19)36-26)29(34)23-5-3-7-27(30-23)31-16-20-10-11-21(17-31)35-20/h1-7,15,18,20-21H,8-14,16-17H2. The Balaban J connectivity index is 1.18. The minimum absolute atomic E-state index is 0.0827. The van der Waals surface area contributed by atoms with Gasteiger partial charge < -0.3 is 14.5 Å². The van der Waals surface area contributed by atoms with Gasteiger partial charge in [0.25, 0.3) is 5.91 Å². The number of ketones is 1. The molecule has 6 nitrogen and oxygen atoms in total. The number of hydrogen-bond acceptors (Lipinski definition) is 6. The molecule has 1 aliphatic carbocycles. The number of pyridine rings is 1. The van der Waals surface area contributed by atoms with Crippen LogP contribution in [0.4, 0.5) is 11.5 Å². The van der Waals surface area contributed by atoms with Crippen LogP contribution in [0.15, 0.2) is 48.5 Å². The van der Waals surface area contributed by atoms with Crippen molar-refractivity contribution >= 4 is 34.5 Å². The Morgan fingerprint density at radius 1 is 1.00 bits per heavy atom. The van der Waals surface area contributed by atoms with Crippen LogP contribution in [0.3, 0.4) is 0 Å². The van der Waals surface area contributed by atoms with Gasteiger partial charge >= 0.3 is 0 Å². The van der Waals surface area contributed by atoms with Gasteiger partial charge in [0.05, 0.1) is 22.8 Å². The van der Waals surface area contributed by atoms with Crippen molar-refractivity contribution in [2.75, 3.05) is 29.4 Å². The summed E-state index contributed by atoms with van der Waals surface area (Å²) in [5, 5.41) is 0. The third-order valence-electron chi connectivity index (χ3n) is 7.87. The molecule has 2 saturated heterocycles. The minimum Gasteiger partial charge on any atom is -0.371 e. The maximum Gasteiger partial charge on any atom is 0.276 e. The summed E-state index contributed by atoms with van der Waals surface area (Å²) in [6.45, 7) is 2.22. The molecule has 1 aromatic carbocycles. The number of benzene rings is 1. The van der Waals surface area contributed by atoms with Crippen LogP contribution in [0.2, 0.25) is 0 Å². The number of morpholine rings is 1. The summed E-state index contributed by atoms with van der Waals surface area (Å²) in [4.78, 5) is 37.6. The smallest absolute Gasteiger partial charge is 0.276 e. The fourth-order valence-corrected chi connectivity index (χ4v) is 6.98. The molecule has 3 aromatic rings. The number of anilines is 2. The zero-order chi connectivity index (χ0) is 24.2. The molecule has 7 heteroatoms. The van der Waals surface area contributed by atoms with Gasteiger partial charge in [0, 0.05) is 36.5 Å². The number of para-hydroxylation sites is 1. The Hall–Kier alpha value is -3.03. The molecule has 4 aliphatic rings. The number of hydrogen-bond donors (Lipinski definition) is 0. The number of rotatable bonds is 5. The lowest BCUT2D eigenvalue weighted by Crippen LogP contribution is -2.43. The largest absolute Gasteiger partial charge is 0.371 e. The number of thiophene rings is 1. The molecule has 2 bridgehead atoms. The van der Waals surface area contributed by atoms with Crippen LogP contribution in [0.25, 0.3) is 10.4 Å². The van der Waals surface area contributed by atoms with E-state index in [2.05, 4.69) is 17.0 Å². The van der Waals surface area contributed by atoms with E-state index in [1.807, 2.05) is 41.3 Å². The van der Waals surface area contributed by atoms with Gasteiger partial charge in [-0.2, -0.15) is 0 Å². The monoisotopic (exact) mass is 499 g/mol. The summed E-state index contributed by atoms with van der Waals surface area (Å²) in [5.74, 6) is 1.61. The first kappa shape index (κ1) is 22.2. The van der Waals surface area contributed by atoms with Crippen LogP contribution in [-0.2, 0) is 11.2 Å². The summed E-state index contributed by atoms with van der Waals surface area (Å²) in [6, 6.07) is 15.9. The fourth-order valence-electron chi connectivity index (χ4n) is 5.79. The summed E-state index contributed by atoms with van der Waals surface area (Å²) in [6.07, 6.45) is 6.47. The quantitative estimate of drug-likeness (QED) is 0.442. The van der Waals surface area contributed by atoms with Crippen LogP contribution in [0.1, 0.15) is 57.8 Å². The fraction of sp³-hybridized carbons (Fsp3) is 0.414. The van der Waals surface area contributed by atoms with Gasteiger partial charge in [-0.25, -0.2) is 4.98 Å². The van der Waals surface area contributed by atoms with E-state index in [4.69, 9.17) is 9.72 Å². The number of Topliss-reactive ketones (excluding diaryl/α,β-unsaturated/α-hetero) is 1. The van der Waals surface area contributed by atoms with Gasteiger partial charge in [-0.3, -0.25) is 9.59 Å². The number of amides is 1. The molecule has 0 radical (unpaired) electrons. The molecule has 36 heavy (non-hydrogen) atoms. The molecule has 0 spiro atoms. The van der Waals surface area contributed by atoms with E-state index < -0.39 is 0 Å². The Bertz CT molecular complexity index is 1340. The summed E-state index contributed by atoms with van der Waals surface area (Å²) in [7, 11) is 0. The number of carbonyl (C=O) groups excluding carboxylic acids is 2. The van der Waals surface area contributed by atoms with Crippen molar-refractivity contribution in [3.63, 3.8) is 0 Å². The third kappa shape index (κ3) is 4.04. The maximum atomic E-state index is 13.8. The van der Waals surface area contributed by atoms with Gasteiger partial charge in [-0.15, -0.1) is 11.3 Å². The van der Waals surface area contributed by atoms with Crippen LogP contribution in [0, 0.1) is 5.92 Å². The zero-order valence-corrected chi connectivity index (χ0v) is 21.0. The lowest BCUT2D eigenvalue weighted by molar-refractivity contribution is 0.0302. The molecule has 2 aromatic heterocycles. The van der Waals surface area contributed by atoms with E-state index in [1.165, 1.54) is 12.8 Å². The second-order valence-corrected chi connectivity index (χ2v) is 11.6. The van der Waals surface area contributed by atoms with E-state index in [1.54, 1.807) is 11.3 Å². The van der Waals surface area contributed by atoms with E-state index in [0.717, 1.165) is 64.7 Å². The topological polar surface area (TPSA) is 62.7 Å². The normalized spacial score (nSPS) is 22.7. The van der Waals surface area contributed by atoms with Crippen LogP contribution >= 0.6 is 11.3 Å². The van der Waals surface area contributed by atoms with Crippen molar-refractivity contribution in [2.45, 2.75) is 50.7 Å². The van der Waals surface area contributed by atoms with Gasteiger partial charge in [0.15, 0.2) is 5.78 Å². The molecular weight excluding hydrogens is 470 g/mol. The van der Waals surface area contributed by atoms with Gasteiger partial charge in [0.1, 0.15) is 11.5 Å². The molecular formula is C29H29N3O3S. The highest BCUT2D eigenvalue weighted by molar-refractivity contribution is 7.17. The van der Waals surface area contributed by atoms with Crippen LogP contribution in [0.5, 0.6) is 0 Å². The van der Waals surface area contributed by atoms with Crippen molar-refractivity contribution in [1.82, 2.24) is 4.98 Å². The lowest BCUT2D eigenvalue weighted by Gasteiger charge is -2.33. The Morgan fingerprint density at radius 2 is 1.81 bits per heavy atom. The highest BCUT2D eigenvalue weighted by Gasteiger charge is 2.35. The highest BCUT2D eigenvalue weighted by Crippen LogP contribution is 2.43. The molecule has 1 amide bonds. The Morgan fingerprint density at radius 3 is 2.61 bits per heavy atom. The van der Waals surface area contributed by atoms with Crippen molar-refractivity contribution < 1.29 is 14.3 Å². The first-order valence-electron chi connectivity index (χ1n) is 13.1. The minimum atomic E-state index is -0.0827. The van der Waals surface area contributed by atoms with Crippen LogP contribution < -0.4 is 9.80 Å². The Kier molecular flexibility index (Phi) is 5.44. The molecule has 5 heterocycles. The predicted octanol–water partition coefficient (Wildman–Crippen LogP) is 5.36. The van der Waals surface area contributed by atoms with E-state index in [-0.39, 0.29) is 23.9 Å². The lowest BCUT2D eigenvalue weighted by atomic mass is 10.1. The highest BCUT2D eigenvalue weighted by atomic mass is 32.1. The van der Waals surface area contributed by atoms with Crippen molar-refractivity contribution in [2.24, 2.45) is 5.92 Å². The predicted molar refractivity (Wildman–Crippen MR) is 141 cm³/mol. The first-order valence-corrected chi connectivity index (χ1v) is 13.9. The van der Waals surface area contributed by atoms with Crippen molar-refractivity contribution in [3.8, 4) is 10.4 Å². The number of aromatic nitrogens is 1. The molecule has 2 unspecified atom stereocenters. The maximum absolute atomic E-state index is 13.8. The van der Waals surface area contributed by atoms with Crippen LogP contribution in [-0.4, -0.2) is 48.5 Å². The first-order chi connectivity index (χ1) is 17.6. The van der Waals surface area contributed by atoms with Gasteiger partial charge in [0.2, 0.25) is 0 Å². The van der Waals surface area contributed by atoms with Gasteiger partial charge in [-0.05, 0) is 67.9 Å². The number of ether oxygens (including phenoxy) is 1. The summed E-state index contributed by atoms with van der Waals surface area (Å²) in [5.41, 5.74) is 3.54. The molecule has 7 rings (SSSR count). The average Bonchev–Trinajstić information content (AvgIpc) is 3.56. The van der Waals surface area contributed by atoms with E-state index in [9.17, 15) is 9.59 Å². The second kappa shape index (κ2) is 8.82. The van der Waals surface area contributed by atoms with Crippen molar-refractivity contribution in [3.05, 3.63) is 64.7 Å². The number of carbonyl (C=O) groups is 2. The average molecular weight is 500 g/mol. The van der Waals surface area contributed by atoms with Gasteiger partial charge in [-0.1, -0.05) is 24.3 Å². The summed E-state index contributed by atoms with van der Waals surface area (Å²) < 4.78 is 5.98. The molecule has 184 valence electrons. The van der Waals surface area contributed by atoms with E-state index >= 15 is 0 Å². The molecule has 3 fully saturated rings. The summed E-state index contributed by atoms with van der Waals surface area (Å²) >= 11 is 1.58. The SMILES string of the molecule is O=C(CC1CC1)c1cc2c(s1)-c1ccccc1N(C(=O)c1cccc(N3CC4CCC(C3)O4)n1)CC2. The molecule has 0 N–H and O–H groups in total. The number of nitrogens with zero attached hydrogens (tertiary/aromatic N) is 3. The van der Waals surface area contributed by atoms with E-state index in [0.29, 0.717) is 24.6 Å². The third-order valence-corrected chi connectivity index (χ3v) is 9.12. The number of fused-ring (bicyclic) bond motifs is 5. The molecule has 1 saturated carbocycles. The molecule has 3 aliphatic heterocycles. The zero-order valence-electron chi connectivity index (χ0n) is 20.2. The second-order valence-electron chi connectivity index (χ2n) is 10.5. The van der Waals surface area contributed by atoms with Crippen molar-refractivity contribution in [1.29, 1.82) is 0 Å². The Labute approximate surface area is 214 Å². The molecule has 2 atom stereocenters.